The van der Waals surface area contributed by atoms with E-state index in [0.29, 0.717) is 22.6 Å². The smallest absolute Gasteiger partial charge is 0.243 e. The number of aryl methyl sites for hydroxylation is 1. The van der Waals surface area contributed by atoms with Crippen LogP contribution in [0.5, 0.6) is 11.6 Å². The second-order valence-corrected chi connectivity index (χ2v) is 3.64. The molecule has 0 unspecified atom stereocenters. The van der Waals surface area contributed by atoms with E-state index in [2.05, 4.69) is 20.4 Å². The zero-order chi connectivity index (χ0) is 12.3. The normalized spacial score (nSPS) is 10.3. The van der Waals surface area contributed by atoms with E-state index in [-0.39, 0.29) is 0 Å². The Bertz CT molecular complexity index is 513. The quantitative estimate of drug-likeness (QED) is 0.905. The highest BCUT2D eigenvalue weighted by molar-refractivity contribution is 6.31. The zero-order valence-corrected chi connectivity index (χ0v) is 10.3. The van der Waals surface area contributed by atoms with Crippen molar-refractivity contribution in [3.8, 4) is 11.6 Å². The lowest BCUT2D eigenvalue weighted by Gasteiger charge is -2.05. The van der Waals surface area contributed by atoms with Crippen LogP contribution in [-0.2, 0) is 6.54 Å². The monoisotopic (exact) mass is 253 g/mol. The van der Waals surface area contributed by atoms with Crippen LogP contribution < -0.4 is 10.1 Å². The summed E-state index contributed by atoms with van der Waals surface area (Å²) >= 11 is 5.94. The highest BCUT2D eigenvalue weighted by Gasteiger charge is 2.08. The third kappa shape index (κ3) is 2.65. The van der Waals surface area contributed by atoms with Crippen molar-refractivity contribution >= 4 is 17.5 Å². The Balaban J connectivity index is 2.22. The van der Waals surface area contributed by atoms with Crippen molar-refractivity contribution in [3.05, 3.63) is 23.6 Å². The van der Waals surface area contributed by atoms with Crippen molar-refractivity contribution in [1.82, 2.24) is 19.7 Å². The van der Waals surface area contributed by atoms with Crippen molar-refractivity contribution in [2.45, 2.75) is 13.5 Å². The van der Waals surface area contributed by atoms with Crippen LogP contribution in [0.15, 0.2) is 18.6 Å². The zero-order valence-electron chi connectivity index (χ0n) is 9.51. The van der Waals surface area contributed by atoms with Gasteiger partial charge in [-0.1, -0.05) is 11.6 Å². The average Bonchev–Trinajstić information content (AvgIpc) is 2.80. The summed E-state index contributed by atoms with van der Waals surface area (Å²) < 4.78 is 7.28. The maximum atomic E-state index is 5.94. The number of aromatic nitrogens is 4. The molecule has 6 nitrogen and oxygen atoms in total. The summed E-state index contributed by atoms with van der Waals surface area (Å²) in [5.41, 5.74) is 0. The molecule has 0 amide bonds. The van der Waals surface area contributed by atoms with Gasteiger partial charge in [0.05, 0.1) is 18.6 Å². The van der Waals surface area contributed by atoms with Gasteiger partial charge in [0, 0.05) is 13.6 Å². The molecule has 0 saturated heterocycles. The average molecular weight is 254 g/mol. The Labute approximate surface area is 104 Å². The SMILES string of the molecule is CCn1cc(Oc2nc(NC)ncc2Cl)cn1. The minimum absolute atomic E-state index is 0.307. The van der Waals surface area contributed by atoms with Crippen molar-refractivity contribution in [1.29, 1.82) is 0 Å². The molecule has 0 bridgehead atoms. The summed E-state index contributed by atoms with van der Waals surface area (Å²) in [4.78, 5) is 8.07. The maximum Gasteiger partial charge on any atom is 0.243 e. The van der Waals surface area contributed by atoms with Gasteiger partial charge in [-0.15, -0.1) is 0 Å². The molecule has 2 aromatic heterocycles. The lowest BCUT2D eigenvalue weighted by atomic mass is 10.6. The van der Waals surface area contributed by atoms with Crippen molar-refractivity contribution in [2.24, 2.45) is 0 Å². The number of hydrogen-bond acceptors (Lipinski definition) is 5. The second-order valence-electron chi connectivity index (χ2n) is 3.23. The molecule has 0 aliphatic heterocycles. The van der Waals surface area contributed by atoms with Gasteiger partial charge >= 0.3 is 0 Å². The topological polar surface area (TPSA) is 64.9 Å². The van der Waals surface area contributed by atoms with Crippen molar-refractivity contribution in [3.63, 3.8) is 0 Å². The third-order valence-corrected chi connectivity index (χ3v) is 2.34. The second kappa shape index (κ2) is 5.01. The van der Waals surface area contributed by atoms with Crippen LogP contribution >= 0.6 is 11.6 Å². The number of anilines is 1. The van der Waals surface area contributed by atoms with E-state index >= 15 is 0 Å². The molecule has 0 aromatic carbocycles. The van der Waals surface area contributed by atoms with E-state index in [1.165, 1.54) is 6.20 Å². The summed E-state index contributed by atoms with van der Waals surface area (Å²) in [6.45, 7) is 2.77. The van der Waals surface area contributed by atoms with Crippen LogP contribution in [0.2, 0.25) is 5.02 Å². The first-order valence-electron chi connectivity index (χ1n) is 5.13. The minimum Gasteiger partial charge on any atom is -0.434 e. The number of ether oxygens (including phenoxy) is 1. The van der Waals surface area contributed by atoms with E-state index in [9.17, 15) is 0 Å². The van der Waals surface area contributed by atoms with Crippen LogP contribution in [0.1, 0.15) is 6.92 Å². The molecule has 0 fully saturated rings. The van der Waals surface area contributed by atoms with Gasteiger partial charge in [0.25, 0.3) is 0 Å². The summed E-state index contributed by atoms with van der Waals surface area (Å²) in [6.07, 6.45) is 4.87. The predicted molar refractivity (Wildman–Crippen MR) is 64.6 cm³/mol. The van der Waals surface area contributed by atoms with E-state index in [0.717, 1.165) is 6.54 Å². The fraction of sp³-hybridized carbons (Fsp3) is 0.300. The Morgan fingerprint density at radius 2 is 2.29 bits per heavy atom. The fourth-order valence-corrected chi connectivity index (χ4v) is 1.36. The Kier molecular flexibility index (Phi) is 3.43. The molecule has 0 radical (unpaired) electrons. The lowest BCUT2D eigenvalue weighted by molar-refractivity contribution is 0.461. The highest BCUT2D eigenvalue weighted by atomic mass is 35.5. The van der Waals surface area contributed by atoms with Gasteiger partial charge in [0.1, 0.15) is 5.02 Å². The summed E-state index contributed by atoms with van der Waals surface area (Å²) in [6, 6.07) is 0. The van der Waals surface area contributed by atoms with Gasteiger partial charge < -0.3 is 10.1 Å². The first-order chi connectivity index (χ1) is 8.22. The first kappa shape index (κ1) is 11.7. The molecular weight excluding hydrogens is 242 g/mol. The van der Waals surface area contributed by atoms with Crippen LogP contribution in [0.4, 0.5) is 5.95 Å². The van der Waals surface area contributed by atoms with E-state index < -0.39 is 0 Å². The van der Waals surface area contributed by atoms with E-state index in [4.69, 9.17) is 16.3 Å². The Morgan fingerprint density at radius 1 is 1.47 bits per heavy atom. The van der Waals surface area contributed by atoms with Crippen molar-refractivity contribution in [2.75, 3.05) is 12.4 Å². The first-order valence-corrected chi connectivity index (χ1v) is 5.51. The maximum absolute atomic E-state index is 5.94. The molecular formula is C10H12ClN5O. The Hall–Kier alpha value is -1.82. The van der Waals surface area contributed by atoms with Gasteiger partial charge in [0.2, 0.25) is 11.8 Å². The number of hydrogen-bond donors (Lipinski definition) is 1. The van der Waals surface area contributed by atoms with Gasteiger partial charge in [-0.2, -0.15) is 10.1 Å². The van der Waals surface area contributed by atoms with Gasteiger partial charge in [-0.3, -0.25) is 4.68 Å². The summed E-state index contributed by atoms with van der Waals surface area (Å²) in [5.74, 6) is 1.35. The Morgan fingerprint density at radius 3 is 2.94 bits per heavy atom. The molecule has 0 aliphatic rings. The molecule has 2 aromatic rings. The largest absolute Gasteiger partial charge is 0.434 e. The fourth-order valence-electron chi connectivity index (χ4n) is 1.23. The third-order valence-electron chi connectivity index (χ3n) is 2.08. The van der Waals surface area contributed by atoms with Gasteiger partial charge in [-0.25, -0.2) is 4.98 Å². The predicted octanol–water partition coefficient (Wildman–Crippen LogP) is 2.18. The number of nitrogens with one attached hydrogen (secondary N) is 1. The number of rotatable bonds is 4. The molecule has 0 atom stereocenters. The van der Waals surface area contributed by atoms with E-state index in [1.807, 2.05) is 6.92 Å². The molecule has 1 N–H and O–H groups in total. The molecule has 0 saturated carbocycles. The molecule has 17 heavy (non-hydrogen) atoms. The standard InChI is InChI=1S/C10H12ClN5O/c1-3-16-6-7(4-14-16)17-9-8(11)5-13-10(12-2)15-9/h4-6H,3H2,1-2H3,(H,12,13,15). The molecule has 0 aliphatic carbocycles. The van der Waals surface area contributed by atoms with Crippen LogP contribution in [0.3, 0.4) is 0 Å². The summed E-state index contributed by atoms with van der Waals surface area (Å²) in [7, 11) is 1.72. The van der Waals surface area contributed by atoms with Crippen LogP contribution in [-0.4, -0.2) is 26.8 Å². The molecule has 2 rings (SSSR count). The molecule has 7 heteroatoms. The van der Waals surface area contributed by atoms with Crippen molar-refractivity contribution < 1.29 is 4.74 Å². The molecule has 2 heterocycles. The minimum atomic E-state index is 0.307. The highest BCUT2D eigenvalue weighted by Crippen LogP contribution is 2.26. The summed E-state index contributed by atoms with van der Waals surface area (Å²) in [5, 5.41) is 7.26. The molecule has 0 spiro atoms. The van der Waals surface area contributed by atoms with Crippen LogP contribution in [0, 0.1) is 0 Å². The number of nitrogens with zero attached hydrogens (tertiary/aromatic N) is 4. The lowest BCUT2D eigenvalue weighted by Crippen LogP contribution is -1.98. The van der Waals surface area contributed by atoms with E-state index in [1.54, 1.807) is 24.1 Å². The van der Waals surface area contributed by atoms with Crippen LogP contribution in [0.25, 0.3) is 0 Å². The van der Waals surface area contributed by atoms with Gasteiger partial charge in [-0.05, 0) is 6.92 Å². The van der Waals surface area contributed by atoms with Gasteiger partial charge in [0.15, 0.2) is 5.75 Å². The number of halogens is 1. The molecule has 90 valence electrons.